The normalized spacial score (nSPS) is 14.1. The van der Waals surface area contributed by atoms with Gasteiger partial charge in [0.25, 0.3) is 0 Å². The third kappa shape index (κ3) is 2.64. The third-order valence-electron chi connectivity index (χ3n) is 3.18. The minimum atomic E-state index is -1.08. The molecule has 0 atom stereocenters. The Balaban J connectivity index is 2.02. The number of rotatable bonds is 4. The fraction of sp³-hybridized carbons (Fsp3) is 0.188. The van der Waals surface area contributed by atoms with E-state index in [-0.39, 0.29) is 11.7 Å². The lowest BCUT2D eigenvalue weighted by atomic mass is 9.99. The predicted octanol–water partition coefficient (Wildman–Crippen LogP) is 3.73. The van der Waals surface area contributed by atoms with Crippen molar-refractivity contribution < 1.29 is 19.0 Å². The highest BCUT2D eigenvalue weighted by Crippen LogP contribution is 2.31. The summed E-state index contributed by atoms with van der Waals surface area (Å²) in [6, 6.07) is 10.8. The van der Waals surface area contributed by atoms with Crippen LogP contribution in [0, 0.1) is 5.82 Å². The Hall–Kier alpha value is -2.36. The lowest BCUT2D eigenvalue weighted by Crippen LogP contribution is -2.01. The quantitative estimate of drug-likeness (QED) is 0.922. The van der Waals surface area contributed by atoms with Crippen molar-refractivity contribution in [3.63, 3.8) is 0 Å². The molecule has 2 aromatic rings. The molecule has 0 bridgehead atoms. The molecule has 1 saturated carbocycles. The summed E-state index contributed by atoms with van der Waals surface area (Å²) in [7, 11) is 0. The number of aromatic carboxylic acids is 1. The monoisotopic (exact) mass is 272 g/mol. The van der Waals surface area contributed by atoms with Crippen molar-refractivity contribution in [3.8, 4) is 16.9 Å². The molecule has 0 radical (unpaired) electrons. The van der Waals surface area contributed by atoms with Crippen LogP contribution in [0.2, 0.25) is 0 Å². The summed E-state index contributed by atoms with van der Waals surface area (Å²) >= 11 is 0. The molecule has 20 heavy (non-hydrogen) atoms. The number of carboxylic acids is 1. The highest BCUT2D eigenvalue weighted by molar-refractivity contribution is 5.96. The fourth-order valence-corrected chi connectivity index (χ4v) is 2.06. The van der Waals surface area contributed by atoms with Gasteiger partial charge in [-0.05, 0) is 54.3 Å². The number of halogens is 1. The van der Waals surface area contributed by atoms with Crippen LogP contribution < -0.4 is 4.74 Å². The summed E-state index contributed by atoms with van der Waals surface area (Å²) in [5.41, 5.74) is 1.08. The van der Waals surface area contributed by atoms with Crippen molar-refractivity contribution in [1.82, 2.24) is 0 Å². The van der Waals surface area contributed by atoms with E-state index in [2.05, 4.69) is 0 Å². The zero-order chi connectivity index (χ0) is 14.1. The van der Waals surface area contributed by atoms with Gasteiger partial charge in [-0.25, -0.2) is 9.18 Å². The number of hydrogen-bond donors (Lipinski definition) is 1. The van der Waals surface area contributed by atoms with Crippen molar-refractivity contribution in [1.29, 1.82) is 0 Å². The lowest BCUT2D eigenvalue weighted by molar-refractivity contribution is 0.0697. The zero-order valence-corrected chi connectivity index (χ0v) is 10.7. The highest BCUT2D eigenvalue weighted by Gasteiger charge is 2.23. The van der Waals surface area contributed by atoms with Crippen molar-refractivity contribution in [2.45, 2.75) is 18.9 Å². The molecule has 3 nitrogen and oxygen atoms in total. The molecule has 0 spiro atoms. The topological polar surface area (TPSA) is 46.5 Å². The number of hydrogen-bond acceptors (Lipinski definition) is 2. The Bertz CT molecular complexity index is 663. The molecule has 1 fully saturated rings. The van der Waals surface area contributed by atoms with E-state index in [1.165, 1.54) is 12.1 Å². The summed E-state index contributed by atoms with van der Waals surface area (Å²) in [5.74, 6) is -0.849. The zero-order valence-electron chi connectivity index (χ0n) is 10.7. The van der Waals surface area contributed by atoms with Gasteiger partial charge in [0, 0.05) is 0 Å². The van der Waals surface area contributed by atoms with E-state index in [0.717, 1.165) is 18.9 Å². The molecule has 1 N–H and O–H groups in total. The first-order valence-corrected chi connectivity index (χ1v) is 6.43. The van der Waals surface area contributed by atoms with Crippen LogP contribution in [-0.4, -0.2) is 17.2 Å². The van der Waals surface area contributed by atoms with E-state index in [4.69, 9.17) is 4.74 Å². The summed E-state index contributed by atoms with van der Waals surface area (Å²) in [4.78, 5) is 11.2. The van der Waals surface area contributed by atoms with Crippen molar-refractivity contribution >= 4 is 5.97 Å². The molecule has 0 aliphatic heterocycles. The molecule has 1 aliphatic carbocycles. The van der Waals surface area contributed by atoms with E-state index in [0.29, 0.717) is 16.9 Å². The molecule has 0 amide bonds. The Morgan fingerprint density at radius 2 is 2.00 bits per heavy atom. The van der Waals surface area contributed by atoms with Crippen molar-refractivity contribution in [2.75, 3.05) is 0 Å². The first kappa shape index (κ1) is 12.7. The Labute approximate surface area is 115 Å². The molecule has 0 aromatic heterocycles. The smallest absolute Gasteiger partial charge is 0.336 e. The Morgan fingerprint density at radius 1 is 1.20 bits per heavy atom. The van der Waals surface area contributed by atoms with E-state index in [9.17, 15) is 14.3 Å². The van der Waals surface area contributed by atoms with E-state index in [1.54, 1.807) is 18.2 Å². The van der Waals surface area contributed by atoms with Gasteiger partial charge in [0.1, 0.15) is 11.6 Å². The first-order valence-electron chi connectivity index (χ1n) is 6.43. The molecule has 0 heterocycles. The molecule has 102 valence electrons. The van der Waals surface area contributed by atoms with E-state index in [1.807, 2.05) is 6.07 Å². The third-order valence-corrected chi connectivity index (χ3v) is 3.18. The standard InChI is InChI=1S/C16H13FO3/c17-11-4-7-14(16(18)19)15(9-11)10-2-1-3-13(8-10)20-12-5-6-12/h1-4,7-9,12H,5-6H2,(H,18,19). The summed E-state index contributed by atoms with van der Waals surface area (Å²) in [6.07, 6.45) is 2.35. The van der Waals surface area contributed by atoms with Gasteiger partial charge >= 0.3 is 5.97 Å². The SMILES string of the molecule is O=C(O)c1ccc(F)cc1-c1cccc(OC2CC2)c1. The summed E-state index contributed by atoms with van der Waals surface area (Å²) < 4.78 is 19.1. The van der Waals surface area contributed by atoms with Gasteiger partial charge in [-0.15, -0.1) is 0 Å². The Kier molecular flexibility index (Phi) is 3.14. The van der Waals surface area contributed by atoms with Gasteiger partial charge in [0.05, 0.1) is 11.7 Å². The lowest BCUT2D eigenvalue weighted by Gasteiger charge is -2.09. The maximum Gasteiger partial charge on any atom is 0.336 e. The van der Waals surface area contributed by atoms with Gasteiger partial charge in [-0.2, -0.15) is 0 Å². The van der Waals surface area contributed by atoms with Gasteiger partial charge in [0.15, 0.2) is 0 Å². The van der Waals surface area contributed by atoms with Crippen LogP contribution in [0.5, 0.6) is 5.75 Å². The molecule has 0 saturated heterocycles. The average molecular weight is 272 g/mol. The van der Waals surface area contributed by atoms with E-state index < -0.39 is 11.8 Å². The molecular weight excluding hydrogens is 259 g/mol. The molecule has 4 heteroatoms. The van der Waals surface area contributed by atoms with Crippen LogP contribution in [0.25, 0.3) is 11.1 Å². The molecular formula is C16H13FO3. The number of benzene rings is 2. The average Bonchev–Trinajstić information content (AvgIpc) is 3.22. The number of carboxylic acid groups (broad SMARTS) is 1. The summed E-state index contributed by atoms with van der Waals surface area (Å²) in [6.45, 7) is 0. The maximum absolute atomic E-state index is 13.4. The highest BCUT2D eigenvalue weighted by atomic mass is 19.1. The second-order valence-electron chi connectivity index (χ2n) is 4.84. The van der Waals surface area contributed by atoms with Crippen molar-refractivity contribution in [2.24, 2.45) is 0 Å². The fourth-order valence-electron chi connectivity index (χ4n) is 2.06. The van der Waals surface area contributed by atoms with Crippen LogP contribution in [-0.2, 0) is 0 Å². The van der Waals surface area contributed by atoms with Crippen LogP contribution in [0.4, 0.5) is 4.39 Å². The molecule has 0 unspecified atom stereocenters. The minimum absolute atomic E-state index is 0.0787. The van der Waals surface area contributed by atoms with Crippen LogP contribution in [0.15, 0.2) is 42.5 Å². The van der Waals surface area contributed by atoms with Gasteiger partial charge < -0.3 is 9.84 Å². The molecule has 3 rings (SSSR count). The molecule has 1 aliphatic rings. The van der Waals surface area contributed by atoms with Crippen LogP contribution >= 0.6 is 0 Å². The van der Waals surface area contributed by atoms with Crippen LogP contribution in [0.1, 0.15) is 23.2 Å². The maximum atomic E-state index is 13.4. The number of ether oxygens (including phenoxy) is 1. The predicted molar refractivity (Wildman–Crippen MR) is 72.4 cm³/mol. The first-order chi connectivity index (χ1) is 9.63. The van der Waals surface area contributed by atoms with Gasteiger partial charge in [-0.3, -0.25) is 0 Å². The largest absolute Gasteiger partial charge is 0.490 e. The minimum Gasteiger partial charge on any atom is -0.490 e. The molecule has 2 aromatic carbocycles. The van der Waals surface area contributed by atoms with E-state index >= 15 is 0 Å². The second kappa shape index (κ2) is 4.96. The second-order valence-corrected chi connectivity index (χ2v) is 4.84. The summed E-state index contributed by atoms with van der Waals surface area (Å²) in [5, 5.41) is 9.19. The number of carbonyl (C=O) groups is 1. The van der Waals surface area contributed by atoms with Gasteiger partial charge in [0.2, 0.25) is 0 Å². The van der Waals surface area contributed by atoms with Crippen molar-refractivity contribution in [3.05, 3.63) is 53.8 Å². The Morgan fingerprint density at radius 3 is 2.70 bits per heavy atom. The van der Waals surface area contributed by atoms with Gasteiger partial charge in [-0.1, -0.05) is 12.1 Å². The van der Waals surface area contributed by atoms with Crippen LogP contribution in [0.3, 0.4) is 0 Å².